The zero-order valence-electron chi connectivity index (χ0n) is 17.7. The summed E-state index contributed by atoms with van der Waals surface area (Å²) < 4.78 is 0. The third-order valence-electron chi connectivity index (χ3n) is 4.44. The summed E-state index contributed by atoms with van der Waals surface area (Å²) >= 11 is 0. The molecule has 0 fully saturated rings. The maximum atomic E-state index is 12.3. The maximum Gasteiger partial charge on any atom is 0.225 e. The van der Waals surface area contributed by atoms with Crippen molar-refractivity contribution in [3.8, 4) is 0 Å². The minimum Gasteiger partial charge on any atom is -0.355 e. The van der Waals surface area contributed by atoms with Gasteiger partial charge in [0, 0.05) is 18.4 Å². The Kier molecular flexibility index (Phi) is 7.43. The van der Waals surface area contributed by atoms with Gasteiger partial charge in [0.15, 0.2) is 0 Å². The molecule has 0 aliphatic carbocycles. The lowest BCUT2D eigenvalue weighted by molar-refractivity contribution is -0.128. The summed E-state index contributed by atoms with van der Waals surface area (Å²) in [5, 5.41) is 5.93. The Morgan fingerprint density at radius 1 is 0.962 bits per heavy atom. The van der Waals surface area contributed by atoms with E-state index >= 15 is 0 Å². The maximum absolute atomic E-state index is 12.3. The van der Waals surface area contributed by atoms with Crippen molar-refractivity contribution in [2.24, 2.45) is 11.3 Å². The molecule has 1 atom stereocenters. The van der Waals surface area contributed by atoms with Crippen molar-refractivity contribution in [1.29, 1.82) is 0 Å². The van der Waals surface area contributed by atoms with Crippen molar-refractivity contribution >= 4 is 11.8 Å². The van der Waals surface area contributed by atoms with E-state index in [9.17, 15) is 9.59 Å². The summed E-state index contributed by atoms with van der Waals surface area (Å²) in [7, 11) is 0. The molecule has 0 aromatic heterocycles. The van der Waals surface area contributed by atoms with E-state index in [1.165, 1.54) is 5.56 Å². The molecule has 26 heavy (non-hydrogen) atoms. The molecule has 1 aromatic carbocycles. The van der Waals surface area contributed by atoms with Crippen molar-refractivity contribution in [2.75, 3.05) is 6.54 Å². The van der Waals surface area contributed by atoms with Gasteiger partial charge >= 0.3 is 0 Å². The Labute approximate surface area is 159 Å². The molecule has 0 aliphatic rings. The molecule has 1 aromatic rings. The molecule has 0 spiro atoms. The van der Waals surface area contributed by atoms with Gasteiger partial charge in [-0.3, -0.25) is 9.59 Å². The second kappa shape index (κ2) is 8.70. The van der Waals surface area contributed by atoms with Gasteiger partial charge in [-0.25, -0.2) is 0 Å². The van der Waals surface area contributed by atoms with Crippen molar-refractivity contribution in [3.63, 3.8) is 0 Å². The van der Waals surface area contributed by atoms with Gasteiger partial charge < -0.3 is 10.6 Å². The molecular weight excluding hydrogens is 324 g/mol. The molecule has 0 aliphatic heterocycles. The van der Waals surface area contributed by atoms with Crippen molar-refractivity contribution in [2.45, 2.75) is 73.3 Å². The molecule has 2 amide bonds. The van der Waals surface area contributed by atoms with Gasteiger partial charge in [-0.15, -0.1) is 0 Å². The summed E-state index contributed by atoms with van der Waals surface area (Å²) in [6, 6.07) is 8.45. The van der Waals surface area contributed by atoms with E-state index in [-0.39, 0.29) is 35.6 Å². The average Bonchev–Trinajstić information content (AvgIpc) is 2.50. The monoisotopic (exact) mass is 360 g/mol. The number of benzene rings is 1. The van der Waals surface area contributed by atoms with E-state index in [1.807, 2.05) is 20.8 Å². The fourth-order valence-corrected chi connectivity index (χ4v) is 2.63. The van der Waals surface area contributed by atoms with Gasteiger partial charge in [0.1, 0.15) is 0 Å². The first-order valence-electron chi connectivity index (χ1n) is 9.50. The van der Waals surface area contributed by atoms with Crippen LogP contribution in [0, 0.1) is 11.3 Å². The zero-order chi connectivity index (χ0) is 20.1. The summed E-state index contributed by atoms with van der Waals surface area (Å²) in [4.78, 5) is 24.2. The van der Waals surface area contributed by atoms with Crippen LogP contribution >= 0.6 is 0 Å². The molecule has 146 valence electrons. The normalized spacial score (nSPS) is 13.4. The van der Waals surface area contributed by atoms with Crippen LogP contribution in [0.1, 0.15) is 79.0 Å². The highest BCUT2D eigenvalue weighted by Gasteiger charge is 2.22. The van der Waals surface area contributed by atoms with E-state index in [0.717, 1.165) is 5.56 Å². The standard InChI is InChI=1S/C22H36N2O2/c1-15(2)19(16-9-11-17(12-10-16)21(3,4)5)24-18(25)13-14-23-20(26)22(6,7)8/h9-12,15,19H,13-14H2,1-8H3,(H,23,26)(H,24,25)/t19-/m1/s1. The van der Waals surface area contributed by atoms with E-state index in [2.05, 4.69) is 69.5 Å². The van der Waals surface area contributed by atoms with Gasteiger partial charge in [-0.05, 0) is 22.5 Å². The number of rotatable bonds is 6. The third kappa shape index (κ3) is 6.81. The molecule has 0 saturated carbocycles. The van der Waals surface area contributed by atoms with Crippen LogP contribution in [0.5, 0.6) is 0 Å². The average molecular weight is 361 g/mol. The number of nitrogens with one attached hydrogen (secondary N) is 2. The third-order valence-corrected chi connectivity index (χ3v) is 4.44. The van der Waals surface area contributed by atoms with Gasteiger partial charge in [0.25, 0.3) is 0 Å². The number of carbonyl (C=O) groups is 2. The minimum absolute atomic E-state index is 0.0326. The lowest BCUT2D eigenvalue weighted by Gasteiger charge is -2.25. The van der Waals surface area contributed by atoms with Crippen LogP contribution < -0.4 is 10.6 Å². The Bertz CT molecular complexity index is 605. The lowest BCUT2D eigenvalue weighted by Crippen LogP contribution is -2.38. The number of hydrogen-bond donors (Lipinski definition) is 2. The summed E-state index contributed by atoms with van der Waals surface area (Å²) in [6.45, 7) is 16.7. The molecule has 4 nitrogen and oxygen atoms in total. The van der Waals surface area contributed by atoms with Crippen LogP contribution in [0.2, 0.25) is 0 Å². The molecule has 0 saturated heterocycles. The summed E-state index contributed by atoms with van der Waals surface area (Å²) in [5.74, 6) is 0.199. The molecular formula is C22H36N2O2. The smallest absolute Gasteiger partial charge is 0.225 e. The SMILES string of the molecule is CC(C)[C@@H](NC(=O)CCNC(=O)C(C)(C)C)c1ccc(C(C)(C)C)cc1. The molecule has 0 heterocycles. The number of amides is 2. The van der Waals surface area contributed by atoms with Crippen LogP contribution in [0.25, 0.3) is 0 Å². The first kappa shape index (κ1) is 22.2. The molecule has 0 unspecified atom stereocenters. The molecule has 4 heteroatoms. The summed E-state index contributed by atoms with van der Waals surface area (Å²) in [6.07, 6.45) is 0.283. The summed E-state index contributed by atoms with van der Waals surface area (Å²) in [5.41, 5.74) is 2.06. The fraction of sp³-hybridized carbons (Fsp3) is 0.636. The number of hydrogen-bond acceptors (Lipinski definition) is 2. The van der Waals surface area contributed by atoms with Crippen molar-refractivity contribution in [1.82, 2.24) is 10.6 Å². The van der Waals surface area contributed by atoms with E-state index in [4.69, 9.17) is 0 Å². The fourth-order valence-electron chi connectivity index (χ4n) is 2.63. The minimum atomic E-state index is -0.439. The largest absolute Gasteiger partial charge is 0.355 e. The second-order valence-corrected chi connectivity index (χ2v) is 9.42. The van der Waals surface area contributed by atoms with Crippen LogP contribution in [0.15, 0.2) is 24.3 Å². The molecule has 0 radical (unpaired) electrons. The van der Waals surface area contributed by atoms with Crippen LogP contribution in [0.4, 0.5) is 0 Å². The second-order valence-electron chi connectivity index (χ2n) is 9.42. The highest BCUT2D eigenvalue weighted by atomic mass is 16.2. The Morgan fingerprint density at radius 3 is 1.92 bits per heavy atom. The highest BCUT2D eigenvalue weighted by molar-refractivity contribution is 5.82. The van der Waals surface area contributed by atoms with E-state index in [1.54, 1.807) is 0 Å². The Morgan fingerprint density at radius 2 is 1.50 bits per heavy atom. The zero-order valence-corrected chi connectivity index (χ0v) is 17.7. The van der Waals surface area contributed by atoms with Crippen LogP contribution in [0.3, 0.4) is 0 Å². The van der Waals surface area contributed by atoms with Gasteiger partial charge in [0.05, 0.1) is 6.04 Å². The first-order chi connectivity index (χ1) is 11.8. The van der Waals surface area contributed by atoms with Crippen LogP contribution in [-0.2, 0) is 15.0 Å². The topological polar surface area (TPSA) is 58.2 Å². The van der Waals surface area contributed by atoms with Crippen molar-refractivity contribution in [3.05, 3.63) is 35.4 Å². The molecule has 0 bridgehead atoms. The molecule has 1 rings (SSSR count). The Balaban J connectivity index is 2.68. The van der Waals surface area contributed by atoms with E-state index in [0.29, 0.717) is 6.54 Å². The van der Waals surface area contributed by atoms with Crippen LogP contribution in [-0.4, -0.2) is 18.4 Å². The lowest BCUT2D eigenvalue weighted by atomic mass is 9.85. The quantitative estimate of drug-likeness (QED) is 0.792. The predicted molar refractivity (Wildman–Crippen MR) is 108 cm³/mol. The predicted octanol–water partition coefficient (Wildman–Crippen LogP) is 4.35. The van der Waals surface area contributed by atoms with Gasteiger partial charge in [0.2, 0.25) is 11.8 Å². The number of carbonyl (C=O) groups excluding carboxylic acids is 2. The van der Waals surface area contributed by atoms with Gasteiger partial charge in [-0.1, -0.05) is 79.7 Å². The first-order valence-corrected chi connectivity index (χ1v) is 9.50. The van der Waals surface area contributed by atoms with E-state index < -0.39 is 5.41 Å². The highest BCUT2D eigenvalue weighted by Crippen LogP contribution is 2.26. The Hall–Kier alpha value is -1.84. The molecule has 2 N–H and O–H groups in total. The van der Waals surface area contributed by atoms with Crippen molar-refractivity contribution < 1.29 is 9.59 Å². The van der Waals surface area contributed by atoms with Gasteiger partial charge in [-0.2, -0.15) is 0 Å².